The Labute approximate surface area is 88.0 Å². The lowest BCUT2D eigenvalue weighted by Crippen LogP contribution is -2.15. The second kappa shape index (κ2) is 7.73. The molecule has 0 aliphatic rings. The van der Waals surface area contributed by atoms with E-state index >= 15 is 0 Å². The first-order chi connectivity index (χ1) is 7.10. The van der Waals surface area contributed by atoms with Gasteiger partial charge in [-0.2, -0.15) is 0 Å². The van der Waals surface area contributed by atoms with Crippen LogP contribution in [0.2, 0.25) is 0 Å². The zero-order valence-corrected chi connectivity index (χ0v) is 8.76. The molecule has 0 aromatic heterocycles. The Kier molecular flexibility index (Phi) is 6.88. The Morgan fingerprint density at radius 2 is 2.07 bits per heavy atom. The molecule has 0 saturated heterocycles. The Morgan fingerprint density at radius 3 is 2.53 bits per heavy atom. The van der Waals surface area contributed by atoms with Crippen LogP contribution in [0, 0.1) is 0 Å². The molecule has 15 heavy (non-hydrogen) atoms. The summed E-state index contributed by atoms with van der Waals surface area (Å²) in [5.74, 6) is -0.841. The highest BCUT2D eigenvalue weighted by molar-refractivity contribution is 5.70. The molecule has 0 saturated carbocycles. The topological polar surface area (TPSA) is 69.7 Å². The summed E-state index contributed by atoms with van der Waals surface area (Å²) in [6.07, 6.45) is 3.11. The van der Waals surface area contributed by atoms with Crippen molar-refractivity contribution >= 4 is 18.2 Å². The van der Waals surface area contributed by atoms with Crippen LogP contribution in [0.5, 0.6) is 0 Å². The van der Waals surface area contributed by atoms with Gasteiger partial charge in [-0.1, -0.05) is 0 Å². The summed E-state index contributed by atoms with van der Waals surface area (Å²) in [5.41, 5.74) is 0. The molecule has 0 spiro atoms. The Hall–Kier alpha value is -1.65. The molecule has 5 nitrogen and oxygen atoms in total. The summed E-state index contributed by atoms with van der Waals surface area (Å²) in [6, 6.07) is 0. The molecule has 0 radical (unpaired) electrons. The Morgan fingerprint density at radius 1 is 1.40 bits per heavy atom. The highest BCUT2D eigenvalue weighted by atomic mass is 16.5. The maximum absolute atomic E-state index is 10.8. The second-order valence-corrected chi connectivity index (χ2v) is 2.78. The average Bonchev–Trinajstić information content (AvgIpc) is 2.20. The minimum absolute atomic E-state index is 0.137. The maximum Gasteiger partial charge on any atom is 0.305 e. The quantitative estimate of drug-likeness (QED) is 0.368. The fourth-order valence-corrected chi connectivity index (χ4v) is 0.939. The number of hydrogen-bond donors (Lipinski definition) is 0. The number of aldehydes is 1. The van der Waals surface area contributed by atoms with Gasteiger partial charge in [0.1, 0.15) is 12.4 Å². The number of carbonyl (C=O) groups is 3. The van der Waals surface area contributed by atoms with Gasteiger partial charge < -0.3 is 9.47 Å². The van der Waals surface area contributed by atoms with E-state index in [1.54, 1.807) is 0 Å². The lowest BCUT2D eigenvalue weighted by atomic mass is 10.2. The van der Waals surface area contributed by atoms with E-state index in [1.807, 2.05) is 0 Å². The first kappa shape index (κ1) is 13.4. The van der Waals surface area contributed by atoms with Gasteiger partial charge in [-0.05, 0) is 18.6 Å². The predicted molar refractivity (Wildman–Crippen MR) is 52.0 cm³/mol. The number of allylic oxidation sites excluding steroid dienone is 1. The maximum atomic E-state index is 10.8. The normalized spacial score (nSPS) is 12.1. The number of esters is 2. The van der Waals surface area contributed by atoms with Crippen LogP contribution in [0.4, 0.5) is 0 Å². The molecule has 0 bridgehead atoms. The number of methoxy groups -OCH3 is 1. The molecular formula is C10H14O5. The first-order valence-electron chi connectivity index (χ1n) is 4.46. The van der Waals surface area contributed by atoms with Gasteiger partial charge in [-0.3, -0.25) is 14.4 Å². The van der Waals surface area contributed by atoms with Crippen molar-refractivity contribution in [3.05, 3.63) is 12.2 Å². The van der Waals surface area contributed by atoms with E-state index in [9.17, 15) is 14.4 Å². The fraction of sp³-hybridized carbons (Fsp3) is 0.500. The molecule has 0 fully saturated rings. The minimum atomic E-state index is -0.563. The van der Waals surface area contributed by atoms with Crippen LogP contribution in [-0.2, 0) is 23.9 Å². The summed E-state index contributed by atoms with van der Waals surface area (Å²) >= 11 is 0. The molecule has 0 aromatic carbocycles. The van der Waals surface area contributed by atoms with E-state index in [0.717, 1.165) is 0 Å². The molecule has 0 aromatic rings. The van der Waals surface area contributed by atoms with Crippen LogP contribution in [0.15, 0.2) is 12.2 Å². The number of rotatable bonds is 6. The molecule has 0 rings (SSSR count). The van der Waals surface area contributed by atoms with Gasteiger partial charge in [-0.15, -0.1) is 0 Å². The number of carbonyl (C=O) groups excluding carboxylic acids is 3. The molecule has 0 amide bonds. The van der Waals surface area contributed by atoms with E-state index in [-0.39, 0.29) is 12.4 Å². The zero-order valence-electron chi connectivity index (χ0n) is 8.76. The molecule has 1 atom stereocenters. The molecule has 5 heteroatoms. The minimum Gasteiger partial charge on any atom is -0.469 e. The SMILES string of the molecule is COC(=O)CCC(/C=C/C=O)OC(C)=O. The summed E-state index contributed by atoms with van der Waals surface area (Å²) in [5, 5.41) is 0. The number of ether oxygens (including phenoxy) is 2. The summed E-state index contributed by atoms with van der Waals surface area (Å²) in [6.45, 7) is 1.26. The van der Waals surface area contributed by atoms with Gasteiger partial charge in [0.05, 0.1) is 7.11 Å². The van der Waals surface area contributed by atoms with Gasteiger partial charge in [0.15, 0.2) is 0 Å². The Bertz CT molecular complexity index is 257. The van der Waals surface area contributed by atoms with Crippen molar-refractivity contribution in [2.24, 2.45) is 0 Å². The van der Waals surface area contributed by atoms with Crippen molar-refractivity contribution in [1.29, 1.82) is 0 Å². The van der Waals surface area contributed by atoms with Crippen LogP contribution < -0.4 is 0 Å². The highest BCUT2D eigenvalue weighted by Crippen LogP contribution is 2.05. The molecule has 0 aliphatic carbocycles. The largest absolute Gasteiger partial charge is 0.469 e. The van der Waals surface area contributed by atoms with Crippen molar-refractivity contribution in [3.63, 3.8) is 0 Å². The van der Waals surface area contributed by atoms with Crippen molar-refractivity contribution in [3.8, 4) is 0 Å². The molecule has 0 N–H and O–H groups in total. The molecular weight excluding hydrogens is 200 g/mol. The number of hydrogen-bond acceptors (Lipinski definition) is 5. The van der Waals surface area contributed by atoms with Crippen LogP contribution in [-0.4, -0.2) is 31.4 Å². The van der Waals surface area contributed by atoms with Crippen molar-refractivity contribution in [2.45, 2.75) is 25.9 Å². The van der Waals surface area contributed by atoms with Gasteiger partial charge in [0, 0.05) is 13.3 Å². The van der Waals surface area contributed by atoms with Gasteiger partial charge in [-0.25, -0.2) is 0 Å². The molecule has 0 heterocycles. The molecule has 84 valence electrons. The van der Waals surface area contributed by atoms with Crippen molar-refractivity contribution in [2.75, 3.05) is 7.11 Å². The third-order valence-electron chi connectivity index (χ3n) is 1.58. The fourth-order valence-electron chi connectivity index (χ4n) is 0.939. The average molecular weight is 214 g/mol. The van der Waals surface area contributed by atoms with Gasteiger partial charge >= 0.3 is 11.9 Å². The van der Waals surface area contributed by atoms with Crippen LogP contribution >= 0.6 is 0 Å². The van der Waals surface area contributed by atoms with E-state index in [2.05, 4.69) is 4.74 Å². The van der Waals surface area contributed by atoms with E-state index < -0.39 is 12.1 Å². The van der Waals surface area contributed by atoms with Gasteiger partial charge in [0.2, 0.25) is 0 Å². The third-order valence-corrected chi connectivity index (χ3v) is 1.58. The third kappa shape index (κ3) is 7.42. The smallest absolute Gasteiger partial charge is 0.305 e. The Balaban J connectivity index is 4.11. The monoisotopic (exact) mass is 214 g/mol. The predicted octanol–water partition coefficient (Wildman–Crippen LogP) is 0.626. The standard InChI is InChI=1S/C10H14O5/c1-8(12)15-9(4-3-7-11)5-6-10(13)14-2/h3-4,7,9H,5-6H2,1-2H3/b4-3+. The van der Waals surface area contributed by atoms with Gasteiger partial charge in [0.25, 0.3) is 0 Å². The van der Waals surface area contributed by atoms with E-state index in [4.69, 9.17) is 4.74 Å². The van der Waals surface area contributed by atoms with Crippen molar-refractivity contribution < 1.29 is 23.9 Å². The zero-order chi connectivity index (χ0) is 11.7. The van der Waals surface area contributed by atoms with E-state index in [0.29, 0.717) is 12.7 Å². The lowest BCUT2D eigenvalue weighted by Gasteiger charge is -2.11. The second-order valence-electron chi connectivity index (χ2n) is 2.78. The molecule has 0 aliphatic heterocycles. The van der Waals surface area contributed by atoms with Crippen LogP contribution in [0.3, 0.4) is 0 Å². The van der Waals surface area contributed by atoms with Crippen LogP contribution in [0.1, 0.15) is 19.8 Å². The van der Waals surface area contributed by atoms with Crippen LogP contribution in [0.25, 0.3) is 0 Å². The highest BCUT2D eigenvalue weighted by Gasteiger charge is 2.11. The summed E-state index contributed by atoms with van der Waals surface area (Å²) in [7, 11) is 1.28. The summed E-state index contributed by atoms with van der Waals surface area (Å²) in [4.78, 5) is 31.6. The van der Waals surface area contributed by atoms with E-state index in [1.165, 1.54) is 26.2 Å². The van der Waals surface area contributed by atoms with Crippen molar-refractivity contribution in [1.82, 2.24) is 0 Å². The molecule has 1 unspecified atom stereocenters. The summed E-state index contributed by atoms with van der Waals surface area (Å²) < 4.78 is 9.29. The first-order valence-corrected chi connectivity index (χ1v) is 4.46. The lowest BCUT2D eigenvalue weighted by molar-refractivity contribution is -0.147.